The van der Waals surface area contributed by atoms with Gasteiger partial charge < -0.3 is 29.3 Å². The Labute approximate surface area is 191 Å². The summed E-state index contributed by atoms with van der Waals surface area (Å²) in [5.74, 6) is -0.470. The van der Waals surface area contributed by atoms with E-state index in [2.05, 4.69) is 10.6 Å². The zero-order chi connectivity index (χ0) is 24.6. The first-order chi connectivity index (χ1) is 15.4. The van der Waals surface area contributed by atoms with Crippen molar-refractivity contribution in [3.8, 4) is 5.75 Å². The maximum atomic E-state index is 12.3. The molecule has 1 heterocycles. The minimum atomic E-state index is -0.846. The molecule has 0 bridgehead atoms. The lowest BCUT2D eigenvalue weighted by Gasteiger charge is -2.22. The molecule has 0 fully saturated rings. The number of fused-ring (bicyclic) bond motifs is 1. The minimum absolute atomic E-state index is 0.0364. The number of carbonyl (C=O) groups is 3. The molecule has 0 radical (unpaired) electrons. The van der Waals surface area contributed by atoms with Crippen LogP contribution in [-0.2, 0) is 19.1 Å². The first-order valence-corrected chi connectivity index (χ1v) is 10.5. The molecule has 0 spiro atoms. The standard InChI is InChI=1S/C23H30N2O8/c1-14(25-22(29)33-23(3,4)5)21(28)24-13-18(31-15(2)26)10-11-30-17-8-6-16-7-9-20(27)32-19(16)12-17/h6-9,12,14,18H,10-11,13H2,1-5H3,(H,24,28)(H,25,29)/t14-,18?/m1/s1. The quantitative estimate of drug-likeness (QED) is 0.429. The number of alkyl carbamates (subject to hydrolysis) is 1. The molecule has 10 nitrogen and oxygen atoms in total. The molecular weight excluding hydrogens is 432 g/mol. The summed E-state index contributed by atoms with van der Waals surface area (Å²) in [6, 6.07) is 7.24. The van der Waals surface area contributed by atoms with E-state index in [4.69, 9.17) is 18.6 Å². The van der Waals surface area contributed by atoms with Gasteiger partial charge in [0.05, 0.1) is 13.2 Å². The van der Waals surface area contributed by atoms with Crippen molar-refractivity contribution in [2.45, 2.75) is 58.8 Å². The predicted molar refractivity (Wildman–Crippen MR) is 120 cm³/mol. The van der Waals surface area contributed by atoms with E-state index in [9.17, 15) is 19.2 Å². The van der Waals surface area contributed by atoms with E-state index in [1.165, 1.54) is 19.9 Å². The number of hydrogen-bond donors (Lipinski definition) is 2. The molecule has 2 rings (SSSR count). The van der Waals surface area contributed by atoms with Crippen LogP contribution in [0, 0.1) is 0 Å². The monoisotopic (exact) mass is 462 g/mol. The molecule has 0 aliphatic rings. The lowest BCUT2D eigenvalue weighted by atomic mass is 10.2. The Morgan fingerprint density at radius 2 is 1.82 bits per heavy atom. The molecule has 0 saturated heterocycles. The van der Waals surface area contributed by atoms with E-state index in [1.54, 1.807) is 45.0 Å². The molecule has 0 aliphatic heterocycles. The third kappa shape index (κ3) is 9.22. The van der Waals surface area contributed by atoms with Gasteiger partial charge in [-0.1, -0.05) is 0 Å². The first kappa shape index (κ1) is 25.7. The van der Waals surface area contributed by atoms with Crippen LogP contribution in [0.3, 0.4) is 0 Å². The number of ether oxygens (including phenoxy) is 3. The molecule has 1 unspecified atom stereocenters. The fourth-order valence-corrected chi connectivity index (χ4v) is 2.79. The second-order valence-electron chi connectivity index (χ2n) is 8.44. The van der Waals surface area contributed by atoms with Gasteiger partial charge in [-0.05, 0) is 45.9 Å². The molecule has 0 aliphatic carbocycles. The predicted octanol–water partition coefficient (Wildman–Crippen LogP) is 2.52. The average molecular weight is 462 g/mol. The van der Waals surface area contributed by atoms with Crippen LogP contribution in [0.2, 0.25) is 0 Å². The Morgan fingerprint density at radius 3 is 2.48 bits per heavy atom. The van der Waals surface area contributed by atoms with E-state index >= 15 is 0 Å². The normalized spacial score (nSPS) is 13.0. The molecular formula is C23H30N2O8. The smallest absolute Gasteiger partial charge is 0.408 e. The van der Waals surface area contributed by atoms with Gasteiger partial charge in [0, 0.05) is 30.9 Å². The number of rotatable bonds is 9. The third-order valence-electron chi connectivity index (χ3n) is 4.27. The maximum Gasteiger partial charge on any atom is 0.408 e. The van der Waals surface area contributed by atoms with Crippen LogP contribution in [0.5, 0.6) is 5.75 Å². The van der Waals surface area contributed by atoms with Crippen LogP contribution in [0.1, 0.15) is 41.0 Å². The number of hydrogen-bond acceptors (Lipinski definition) is 8. The van der Waals surface area contributed by atoms with Crippen molar-refractivity contribution in [1.29, 1.82) is 0 Å². The topological polar surface area (TPSA) is 133 Å². The van der Waals surface area contributed by atoms with Gasteiger partial charge in [0.1, 0.15) is 29.1 Å². The van der Waals surface area contributed by atoms with Gasteiger partial charge in [-0.15, -0.1) is 0 Å². The maximum absolute atomic E-state index is 12.3. The van der Waals surface area contributed by atoms with Crippen molar-refractivity contribution in [2.75, 3.05) is 13.2 Å². The summed E-state index contributed by atoms with van der Waals surface area (Å²) >= 11 is 0. The SMILES string of the molecule is CC(=O)OC(CCOc1ccc2ccc(=O)oc2c1)CNC(=O)[C@@H](C)NC(=O)OC(C)(C)C. The van der Waals surface area contributed by atoms with Crippen LogP contribution < -0.4 is 21.0 Å². The summed E-state index contributed by atoms with van der Waals surface area (Å²) in [4.78, 5) is 46.9. The highest BCUT2D eigenvalue weighted by Gasteiger charge is 2.22. The lowest BCUT2D eigenvalue weighted by molar-refractivity contribution is -0.147. The van der Waals surface area contributed by atoms with E-state index < -0.39 is 41.3 Å². The van der Waals surface area contributed by atoms with Crippen molar-refractivity contribution in [2.24, 2.45) is 0 Å². The van der Waals surface area contributed by atoms with Gasteiger partial charge >= 0.3 is 17.7 Å². The highest BCUT2D eigenvalue weighted by atomic mass is 16.6. The van der Waals surface area contributed by atoms with Crippen molar-refractivity contribution in [3.05, 3.63) is 40.8 Å². The molecule has 2 aromatic rings. The second-order valence-corrected chi connectivity index (χ2v) is 8.44. The number of carbonyl (C=O) groups excluding carboxylic acids is 3. The van der Waals surface area contributed by atoms with E-state index in [0.717, 1.165) is 5.39 Å². The zero-order valence-electron chi connectivity index (χ0n) is 19.4. The largest absolute Gasteiger partial charge is 0.493 e. The highest BCUT2D eigenvalue weighted by molar-refractivity contribution is 5.85. The molecule has 1 aromatic heterocycles. The molecule has 2 amide bonds. The molecule has 2 atom stereocenters. The summed E-state index contributed by atoms with van der Waals surface area (Å²) in [6.45, 7) is 8.16. The fraction of sp³-hybridized carbons (Fsp3) is 0.478. The summed E-state index contributed by atoms with van der Waals surface area (Å²) in [6.07, 6.45) is -1.05. The van der Waals surface area contributed by atoms with Gasteiger partial charge in [-0.25, -0.2) is 9.59 Å². The Hall–Kier alpha value is -3.56. The zero-order valence-corrected chi connectivity index (χ0v) is 19.4. The summed E-state index contributed by atoms with van der Waals surface area (Å²) < 4.78 is 21.2. The Bertz CT molecular complexity index is 1040. The highest BCUT2D eigenvalue weighted by Crippen LogP contribution is 2.19. The molecule has 33 heavy (non-hydrogen) atoms. The molecule has 180 valence electrons. The van der Waals surface area contributed by atoms with Crippen LogP contribution in [0.25, 0.3) is 11.0 Å². The lowest BCUT2D eigenvalue weighted by Crippen LogP contribution is -2.48. The van der Waals surface area contributed by atoms with Crippen LogP contribution in [0.15, 0.2) is 39.5 Å². The van der Waals surface area contributed by atoms with Crippen molar-refractivity contribution < 1.29 is 33.0 Å². The summed E-state index contributed by atoms with van der Waals surface area (Å²) in [7, 11) is 0. The van der Waals surface area contributed by atoms with Gasteiger partial charge in [0.25, 0.3) is 0 Å². The Kier molecular flexibility index (Phi) is 8.84. The van der Waals surface area contributed by atoms with Crippen LogP contribution in [-0.4, -0.2) is 48.9 Å². The number of amides is 2. The van der Waals surface area contributed by atoms with E-state index in [1.807, 2.05) is 0 Å². The summed E-state index contributed by atoms with van der Waals surface area (Å²) in [5, 5.41) is 5.85. The van der Waals surface area contributed by atoms with Gasteiger partial charge in [-0.2, -0.15) is 0 Å². The molecule has 2 N–H and O–H groups in total. The number of esters is 1. The Morgan fingerprint density at radius 1 is 1.12 bits per heavy atom. The molecule has 0 saturated carbocycles. The number of nitrogens with one attached hydrogen (secondary N) is 2. The van der Waals surface area contributed by atoms with Crippen molar-refractivity contribution in [1.82, 2.24) is 10.6 Å². The van der Waals surface area contributed by atoms with Gasteiger partial charge in [0.2, 0.25) is 5.91 Å². The van der Waals surface area contributed by atoms with Crippen molar-refractivity contribution in [3.63, 3.8) is 0 Å². The number of benzene rings is 1. The van der Waals surface area contributed by atoms with Crippen LogP contribution in [0.4, 0.5) is 4.79 Å². The Balaban J connectivity index is 1.86. The van der Waals surface area contributed by atoms with Crippen molar-refractivity contribution >= 4 is 28.9 Å². The fourth-order valence-electron chi connectivity index (χ4n) is 2.79. The van der Waals surface area contributed by atoms with E-state index in [-0.39, 0.29) is 13.2 Å². The van der Waals surface area contributed by atoms with Gasteiger partial charge in [-0.3, -0.25) is 9.59 Å². The molecule has 1 aromatic carbocycles. The second kappa shape index (κ2) is 11.3. The third-order valence-corrected chi connectivity index (χ3v) is 4.27. The van der Waals surface area contributed by atoms with Gasteiger partial charge in [0.15, 0.2) is 0 Å². The summed E-state index contributed by atoms with van der Waals surface area (Å²) in [5.41, 5.74) is -0.743. The average Bonchev–Trinajstić information content (AvgIpc) is 2.69. The molecule has 10 heteroatoms. The first-order valence-electron chi connectivity index (χ1n) is 10.5. The minimum Gasteiger partial charge on any atom is -0.493 e. The van der Waals surface area contributed by atoms with Crippen LogP contribution >= 0.6 is 0 Å². The van der Waals surface area contributed by atoms with E-state index in [0.29, 0.717) is 17.8 Å².